The molecule has 7 heteroatoms. The molecule has 28 heavy (non-hydrogen) atoms. The first-order valence-corrected chi connectivity index (χ1v) is 8.96. The summed E-state index contributed by atoms with van der Waals surface area (Å²) in [6.45, 7) is 6.69. The van der Waals surface area contributed by atoms with Crippen LogP contribution in [0.5, 0.6) is 17.2 Å². The van der Waals surface area contributed by atoms with Gasteiger partial charge in [-0.2, -0.15) is 0 Å². The zero-order valence-electron chi connectivity index (χ0n) is 17.0. The molecule has 0 unspecified atom stereocenters. The Morgan fingerprint density at radius 1 is 1.14 bits per heavy atom. The van der Waals surface area contributed by atoms with Gasteiger partial charge in [0.25, 0.3) is 5.91 Å². The average molecular weight is 387 g/mol. The summed E-state index contributed by atoms with van der Waals surface area (Å²) in [5.74, 6) is 1.19. The van der Waals surface area contributed by atoms with Gasteiger partial charge in [0.15, 0.2) is 17.2 Å². The Morgan fingerprint density at radius 3 is 2.39 bits per heavy atom. The number of nitrogens with zero attached hydrogens (tertiary/aromatic N) is 1. The lowest BCUT2D eigenvalue weighted by Gasteiger charge is -2.27. The number of ether oxygens (including phenoxy) is 2. The van der Waals surface area contributed by atoms with Crippen LogP contribution in [0.2, 0.25) is 0 Å². The first-order chi connectivity index (χ1) is 13.0. The van der Waals surface area contributed by atoms with Gasteiger partial charge < -0.3 is 30.9 Å². The van der Waals surface area contributed by atoms with Gasteiger partial charge in [-0.3, -0.25) is 4.79 Å². The number of carbonyl (C=O) groups excluding carboxylic acids is 1. The molecule has 2 aromatic rings. The molecule has 0 aromatic heterocycles. The minimum Gasteiger partial charge on any atom is -0.505 e. The summed E-state index contributed by atoms with van der Waals surface area (Å²) >= 11 is 0. The Kier molecular flexibility index (Phi) is 6.41. The maximum absolute atomic E-state index is 11.4. The molecule has 0 fully saturated rings. The summed E-state index contributed by atoms with van der Waals surface area (Å²) in [7, 11) is 3.23. The average Bonchev–Trinajstić information content (AvgIpc) is 3.10. The highest BCUT2D eigenvalue weighted by Gasteiger charge is 2.24. The van der Waals surface area contributed by atoms with E-state index in [-0.39, 0.29) is 34.4 Å². The van der Waals surface area contributed by atoms with E-state index in [0.717, 1.165) is 17.1 Å². The number of fused-ring (bicyclic) bond motifs is 1. The summed E-state index contributed by atoms with van der Waals surface area (Å²) in [4.78, 5) is 12.8. The van der Waals surface area contributed by atoms with Crippen molar-refractivity contribution in [1.29, 1.82) is 0 Å². The highest BCUT2D eigenvalue weighted by atomic mass is 16.7. The van der Waals surface area contributed by atoms with E-state index in [2.05, 4.69) is 20.8 Å². The minimum atomic E-state index is -0.259. The van der Waals surface area contributed by atoms with Crippen molar-refractivity contribution in [2.75, 3.05) is 26.6 Å². The Bertz CT molecular complexity index is 844. The van der Waals surface area contributed by atoms with E-state index in [1.807, 2.05) is 18.2 Å². The molecule has 5 N–H and O–H groups in total. The normalized spacial score (nSPS) is 13.4. The van der Waals surface area contributed by atoms with Gasteiger partial charge in [0, 0.05) is 20.1 Å². The minimum absolute atomic E-state index is 0.00648. The van der Waals surface area contributed by atoms with Gasteiger partial charge in [0.2, 0.25) is 6.79 Å². The Morgan fingerprint density at radius 2 is 1.79 bits per heavy atom. The van der Waals surface area contributed by atoms with Gasteiger partial charge in [-0.25, -0.2) is 0 Å². The van der Waals surface area contributed by atoms with Crippen molar-refractivity contribution < 1.29 is 19.4 Å². The second kappa shape index (κ2) is 8.39. The third-order valence-corrected chi connectivity index (χ3v) is 4.39. The highest BCUT2D eigenvalue weighted by molar-refractivity contribution is 5.98. The maximum Gasteiger partial charge on any atom is 0.257 e. The van der Waals surface area contributed by atoms with E-state index >= 15 is 0 Å². The number of para-hydroxylation sites is 1. The molecule has 0 saturated carbocycles. The van der Waals surface area contributed by atoms with E-state index in [1.54, 1.807) is 26.2 Å². The number of phenols is 1. The number of rotatable bonds is 2. The molecule has 1 aliphatic rings. The van der Waals surface area contributed by atoms with Crippen LogP contribution in [0, 0.1) is 5.41 Å². The number of benzene rings is 2. The summed E-state index contributed by atoms with van der Waals surface area (Å²) in [6, 6.07) is 10.6. The van der Waals surface area contributed by atoms with Crippen LogP contribution in [-0.4, -0.2) is 36.8 Å². The number of phenolic OH excluding ortho intramolecular Hbond substituents is 1. The lowest BCUT2D eigenvalue weighted by Crippen LogP contribution is -2.26. The number of carbonyl (C=O) groups is 1. The predicted octanol–water partition coefficient (Wildman–Crippen LogP) is 3.14. The van der Waals surface area contributed by atoms with Gasteiger partial charge >= 0.3 is 0 Å². The quantitative estimate of drug-likeness (QED) is 0.539. The topological polar surface area (TPSA) is 111 Å². The molecular formula is C21H29N3O4. The van der Waals surface area contributed by atoms with Gasteiger partial charge in [-0.1, -0.05) is 32.9 Å². The highest BCUT2D eigenvalue weighted by Crippen LogP contribution is 2.37. The first-order valence-electron chi connectivity index (χ1n) is 8.96. The van der Waals surface area contributed by atoms with Crippen LogP contribution in [0.1, 0.15) is 42.7 Å². The monoisotopic (exact) mass is 387 g/mol. The number of aromatic hydroxyl groups is 1. The molecule has 3 rings (SSSR count). The van der Waals surface area contributed by atoms with E-state index in [4.69, 9.17) is 20.9 Å². The first kappa shape index (κ1) is 21.4. The molecule has 0 spiro atoms. The zero-order valence-corrected chi connectivity index (χ0v) is 17.0. The van der Waals surface area contributed by atoms with Crippen LogP contribution in [0.15, 0.2) is 36.4 Å². The molecule has 0 bridgehead atoms. The smallest absolute Gasteiger partial charge is 0.257 e. The van der Waals surface area contributed by atoms with Gasteiger partial charge in [0.1, 0.15) is 0 Å². The predicted molar refractivity (Wildman–Crippen MR) is 109 cm³/mol. The molecule has 7 nitrogen and oxygen atoms in total. The Balaban J connectivity index is 0.000000203. The van der Waals surface area contributed by atoms with Crippen LogP contribution in [0.25, 0.3) is 0 Å². The summed E-state index contributed by atoms with van der Waals surface area (Å²) in [5.41, 5.74) is 13.2. The second-order valence-electron chi connectivity index (χ2n) is 7.90. The van der Waals surface area contributed by atoms with Gasteiger partial charge in [0.05, 0.1) is 11.3 Å². The van der Waals surface area contributed by atoms with Crippen molar-refractivity contribution >= 4 is 11.6 Å². The third-order valence-electron chi connectivity index (χ3n) is 4.39. The van der Waals surface area contributed by atoms with Gasteiger partial charge in [-0.15, -0.1) is 0 Å². The lowest BCUT2D eigenvalue weighted by atomic mass is 9.83. The van der Waals surface area contributed by atoms with Crippen LogP contribution in [0.4, 0.5) is 5.69 Å². The van der Waals surface area contributed by atoms with Crippen LogP contribution in [0.3, 0.4) is 0 Å². The number of hydrogen-bond donors (Lipinski definition) is 3. The third kappa shape index (κ3) is 4.86. The van der Waals surface area contributed by atoms with Crippen LogP contribution < -0.4 is 20.9 Å². The molecule has 0 aliphatic carbocycles. The van der Waals surface area contributed by atoms with E-state index in [9.17, 15) is 9.90 Å². The van der Waals surface area contributed by atoms with E-state index in [1.165, 1.54) is 11.0 Å². The summed E-state index contributed by atoms with van der Waals surface area (Å²) in [6.07, 6.45) is 0. The fraction of sp³-hybridized carbons (Fsp3) is 0.381. The van der Waals surface area contributed by atoms with Crippen molar-refractivity contribution in [1.82, 2.24) is 4.90 Å². The molecule has 1 amide bonds. The van der Waals surface area contributed by atoms with Gasteiger partial charge in [-0.05, 0) is 35.2 Å². The number of nitrogens with two attached hydrogens (primary N) is 2. The Hall–Kier alpha value is -2.93. The van der Waals surface area contributed by atoms with Crippen LogP contribution >= 0.6 is 0 Å². The second-order valence-corrected chi connectivity index (χ2v) is 7.90. The molecule has 1 aliphatic heterocycles. The van der Waals surface area contributed by atoms with Crippen molar-refractivity contribution in [3.8, 4) is 17.2 Å². The lowest BCUT2D eigenvalue weighted by molar-refractivity contribution is 0.0824. The van der Waals surface area contributed by atoms with E-state index < -0.39 is 0 Å². The van der Waals surface area contributed by atoms with Crippen molar-refractivity contribution in [2.45, 2.75) is 26.8 Å². The van der Waals surface area contributed by atoms with Crippen molar-refractivity contribution in [3.63, 3.8) is 0 Å². The van der Waals surface area contributed by atoms with Crippen molar-refractivity contribution in [3.05, 3.63) is 47.5 Å². The number of anilines is 1. The number of hydrogen-bond acceptors (Lipinski definition) is 6. The fourth-order valence-electron chi connectivity index (χ4n) is 2.58. The molecule has 0 saturated heterocycles. The molecule has 2 aromatic carbocycles. The Labute approximate surface area is 165 Å². The zero-order chi connectivity index (χ0) is 21.1. The van der Waals surface area contributed by atoms with E-state index in [0.29, 0.717) is 6.79 Å². The maximum atomic E-state index is 11.4. The summed E-state index contributed by atoms with van der Waals surface area (Å²) in [5, 5.41) is 9.44. The van der Waals surface area contributed by atoms with Crippen LogP contribution in [-0.2, 0) is 0 Å². The SMILES string of the molecule is CC(C)(C)[C@@H](N)c1ccc2c(c1)OCO2.CN(C)C(=O)c1cccc(N)c1O. The summed E-state index contributed by atoms with van der Waals surface area (Å²) < 4.78 is 10.6. The standard InChI is InChI=1S/C12H17NO2.C9H12N2O2/c1-12(2,3)11(13)8-4-5-9-10(6-8)15-7-14-9;1-11(2)9(13)6-4-3-5-7(10)8(6)12/h4-6,11H,7,13H2,1-3H3;3-5,12H,10H2,1-2H3/t11-;/m0./s1. The molecule has 1 heterocycles. The molecular weight excluding hydrogens is 358 g/mol. The largest absolute Gasteiger partial charge is 0.505 e. The fourth-order valence-corrected chi connectivity index (χ4v) is 2.58. The number of nitrogen functional groups attached to an aromatic ring is 1. The number of amides is 1. The molecule has 1 atom stereocenters. The van der Waals surface area contributed by atoms with Crippen molar-refractivity contribution in [2.24, 2.45) is 11.1 Å². The molecule has 0 radical (unpaired) electrons. The molecule has 152 valence electrons.